The van der Waals surface area contributed by atoms with Gasteiger partial charge in [0.15, 0.2) is 0 Å². The van der Waals surface area contributed by atoms with Gasteiger partial charge in [0.2, 0.25) is 0 Å². The number of thiophene rings is 1. The summed E-state index contributed by atoms with van der Waals surface area (Å²) in [5.41, 5.74) is 0. The zero-order valence-corrected chi connectivity index (χ0v) is 10.7. The lowest BCUT2D eigenvalue weighted by molar-refractivity contribution is 0.0702. The molecule has 0 fully saturated rings. The first kappa shape index (κ1) is 12.0. The Hall–Kier alpha value is -1.46. The van der Waals surface area contributed by atoms with Crippen molar-refractivity contribution >= 4 is 29.1 Å². The first-order chi connectivity index (χ1) is 8.19. The number of thioether (sulfide) groups is 1. The third kappa shape index (κ3) is 3.01. The molecule has 0 radical (unpaired) electrons. The fourth-order valence-corrected chi connectivity index (χ4v) is 2.32. The van der Waals surface area contributed by atoms with Gasteiger partial charge in [-0.3, -0.25) is 0 Å². The molecule has 0 spiro atoms. The van der Waals surface area contributed by atoms with Crippen LogP contribution >= 0.6 is 23.1 Å². The van der Waals surface area contributed by atoms with Crippen LogP contribution in [0.5, 0.6) is 11.5 Å². The molecule has 0 saturated carbocycles. The minimum Gasteiger partial charge on any atom is -0.477 e. The zero-order chi connectivity index (χ0) is 12.3. The Labute approximate surface area is 107 Å². The number of rotatable bonds is 4. The Morgan fingerprint density at radius 2 is 2.00 bits per heavy atom. The summed E-state index contributed by atoms with van der Waals surface area (Å²) in [6, 6.07) is 9.18. The number of hydrogen-bond donors (Lipinski definition) is 1. The van der Waals surface area contributed by atoms with Crippen molar-refractivity contribution in [3.05, 3.63) is 40.6 Å². The number of carboxylic acid groups (broad SMARTS) is 1. The predicted molar refractivity (Wildman–Crippen MR) is 69.6 cm³/mol. The lowest BCUT2D eigenvalue weighted by atomic mass is 10.3. The molecule has 17 heavy (non-hydrogen) atoms. The summed E-state index contributed by atoms with van der Waals surface area (Å²) in [4.78, 5) is 12.1. The molecule has 0 saturated heterocycles. The maximum absolute atomic E-state index is 10.7. The molecule has 0 aliphatic rings. The van der Waals surface area contributed by atoms with Gasteiger partial charge in [0.25, 0.3) is 0 Å². The Balaban J connectivity index is 2.11. The van der Waals surface area contributed by atoms with E-state index in [1.165, 1.54) is 6.07 Å². The van der Waals surface area contributed by atoms with Crippen molar-refractivity contribution in [3.8, 4) is 11.5 Å². The molecule has 0 aliphatic carbocycles. The van der Waals surface area contributed by atoms with Crippen molar-refractivity contribution in [1.29, 1.82) is 0 Å². The highest BCUT2D eigenvalue weighted by atomic mass is 32.2. The third-order valence-corrected chi connectivity index (χ3v) is 3.72. The number of carbonyl (C=O) groups is 1. The van der Waals surface area contributed by atoms with Crippen LogP contribution in [0.4, 0.5) is 0 Å². The average molecular weight is 266 g/mol. The van der Waals surface area contributed by atoms with Gasteiger partial charge in [0.1, 0.15) is 16.4 Å². The maximum atomic E-state index is 10.7. The van der Waals surface area contributed by atoms with Crippen molar-refractivity contribution in [3.63, 3.8) is 0 Å². The van der Waals surface area contributed by atoms with Gasteiger partial charge < -0.3 is 9.84 Å². The van der Waals surface area contributed by atoms with Crippen molar-refractivity contribution in [2.75, 3.05) is 6.26 Å². The zero-order valence-electron chi connectivity index (χ0n) is 9.04. The molecule has 1 aromatic heterocycles. The normalized spacial score (nSPS) is 10.2. The second-order valence-corrected chi connectivity index (χ2v) is 5.02. The molecular formula is C12H10O3S2. The third-order valence-electron chi connectivity index (χ3n) is 2.08. The van der Waals surface area contributed by atoms with Crippen molar-refractivity contribution in [1.82, 2.24) is 0 Å². The van der Waals surface area contributed by atoms with Gasteiger partial charge in [0, 0.05) is 16.3 Å². The quantitative estimate of drug-likeness (QED) is 0.851. The van der Waals surface area contributed by atoms with Gasteiger partial charge in [-0.05, 0) is 30.5 Å². The highest BCUT2D eigenvalue weighted by Gasteiger charge is 2.08. The van der Waals surface area contributed by atoms with Crippen molar-refractivity contribution < 1.29 is 14.6 Å². The minimum atomic E-state index is -0.928. The molecule has 2 rings (SSSR count). The monoisotopic (exact) mass is 266 g/mol. The molecule has 0 unspecified atom stereocenters. The predicted octanol–water partition coefficient (Wildman–Crippen LogP) is 3.96. The van der Waals surface area contributed by atoms with Gasteiger partial charge in [-0.25, -0.2) is 4.79 Å². The number of carboxylic acids is 1. The number of aromatic carboxylic acids is 1. The van der Waals surface area contributed by atoms with Gasteiger partial charge in [-0.15, -0.1) is 23.1 Å². The number of hydrogen-bond acceptors (Lipinski definition) is 4. The Morgan fingerprint density at radius 3 is 2.53 bits per heavy atom. The Kier molecular flexibility index (Phi) is 3.71. The van der Waals surface area contributed by atoms with Gasteiger partial charge >= 0.3 is 5.97 Å². The molecule has 1 heterocycles. The van der Waals surface area contributed by atoms with Gasteiger partial charge in [0.05, 0.1) is 0 Å². The van der Waals surface area contributed by atoms with Crippen LogP contribution < -0.4 is 4.74 Å². The van der Waals surface area contributed by atoms with Crippen molar-refractivity contribution in [2.45, 2.75) is 4.90 Å². The standard InChI is InChI=1S/C12H10O3S2/c1-16-10-4-2-8(3-5-10)15-9-6-11(12(13)14)17-7-9/h2-7H,1H3,(H,13,14). The van der Waals surface area contributed by atoms with E-state index in [9.17, 15) is 4.79 Å². The number of ether oxygens (including phenoxy) is 1. The lowest BCUT2D eigenvalue weighted by Gasteiger charge is -2.03. The fraction of sp³-hybridized carbons (Fsp3) is 0.0833. The minimum absolute atomic E-state index is 0.278. The van der Waals surface area contributed by atoms with Gasteiger partial charge in [-0.1, -0.05) is 0 Å². The molecule has 5 heteroatoms. The second kappa shape index (κ2) is 5.25. The smallest absolute Gasteiger partial charge is 0.346 e. The largest absolute Gasteiger partial charge is 0.477 e. The lowest BCUT2D eigenvalue weighted by Crippen LogP contribution is -1.90. The van der Waals surface area contributed by atoms with E-state index in [0.717, 1.165) is 16.2 Å². The van der Waals surface area contributed by atoms with E-state index < -0.39 is 5.97 Å². The topological polar surface area (TPSA) is 46.5 Å². The van der Waals surface area contributed by atoms with Crippen LogP contribution in [0.3, 0.4) is 0 Å². The summed E-state index contributed by atoms with van der Waals surface area (Å²) in [6.45, 7) is 0. The summed E-state index contributed by atoms with van der Waals surface area (Å²) in [7, 11) is 0. The number of benzene rings is 1. The van der Waals surface area contributed by atoms with E-state index in [1.54, 1.807) is 17.1 Å². The first-order valence-electron chi connectivity index (χ1n) is 4.83. The molecule has 1 N–H and O–H groups in total. The van der Waals surface area contributed by atoms with Crippen LogP contribution in [-0.4, -0.2) is 17.3 Å². The van der Waals surface area contributed by atoms with Crippen molar-refractivity contribution in [2.24, 2.45) is 0 Å². The second-order valence-electron chi connectivity index (χ2n) is 3.23. The van der Waals surface area contributed by atoms with Crippen LogP contribution in [0.25, 0.3) is 0 Å². The van der Waals surface area contributed by atoms with Crippen LogP contribution in [0.2, 0.25) is 0 Å². The SMILES string of the molecule is CSc1ccc(Oc2csc(C(=O)O)c2)cc1. The van der Waals surface area contributed by atoms with E-state index >= 15 is 0 Å². The molecule has 0 amide bonds. The summed E-state index contributed by atoms with van der Waals surface area (Å²) >= 11 is 2.82. The average Bonchev–Trinajstić information content (AvgIpc) is 2.79. The van der Waals surface area contributed by atoms with Crippen LogP contribution in [-0.2, 0) is 0 Å². The highest BCUT2D eigenvalue weighted by molar-refractivity contribution is 7.98. The van der Waals surface area contributed by atoms with Crippen LogP contribution in [0.1, 0.15) is 9.67 Å². The maximum Gasteiger partial charge on any atom is 0.346 e. The molecular weight excluding hydrogens is 256 g/mol. The van der Waals surface area contributed by atoms with E-state index in [2.05, 4.69) is 0 Å². The summed E-state index contributed by atoms with van der Waals surface area (Å²) in [5, 5.41) is 10.5. The molecule has 88 valence electrons. The van der Waals surface area contributed by atoms with E-state index in [-0.39, 0.29) is 4.88 Å². The summed E-state index contributed by atoms with van der Waals surface area (Å²) in [5.74, 6) is 0.337. The molecule has 0 bridgehead atoms. The molecule has 0 atom stereocenters. The summed E-state index contributed by atoms with van der Waals surface area (Å²) in [6.07, 6.45) is 2.01. The van der Waals surface area contributed by atoms with Crippen LogP contribution in [0.15, 0.2) is 40.6 Å². The molecule has 2 aromatic rings. The molecule has 1 aromatic carbocycles. The molecule has 3 nitrogen and oxygen atoms in total. The fourth-order valence-electron chi connectivity index (χ4n) is 1.26. The van der Waals surface area contributed by atoms with E-state index in [1.807, 2.05) is 30.5 Å². The van der Waals surface area contributed by atoms with Crippen LogP contribution in [0, 0.1) is 0 Å². The summed E-state index contributed by atoms with van der Waals surface area (Å²) < 4.78 is 5.55. The first-order valence-corrected chi connectivity index (χ1v) is 6.93. The Morgan fingerprint density at radius 1 is 1.29 bits per heavy atom. The highest BCUT2D eigenvalue weighted by Crippen LogP contribution is 2.28. The Bertz CT molecular complexity index is 517. The van der Waals surface area contributed by atoms with E-state index in [4.69, 9.17) is 9.84 Å². The molecule has 0 aliphatic heterocycles. The van der Waals surface area contributed by atoms with E-state index in [0.29, 0.717) is 11.5 Å². The van der Waals surface area contributed by atoms with Gasteiger partial charge in [-0.2, -0.15) is 0 Å².